The van der Waals surface area contributed by atoms with E-state index in [1.807, 2.05) is 35.7 Å². The van der Waals surface area contributed by atoms with Crippen LogP contribution in [0, 0.1) is 5.82 Å². The van der Waals surface area contributed by atoms with Crippen molar-refractivity contribution in [1.82, 2.24) is 9.88 Å². The standard InChI is InChI=1S/C19H17FN2OS/c1-22(12-14-7-9-16(20)10-8-14)18(23)11-17-13-24-19(21-17)15-5-3-2-4-6-15/h2-10,13H,11-12H2,1H3. The van der Waals surface area contributed by atoms with Crippen LogP contribution in [0.15, 0.2) is 60.0 Å². The van der Waals surface area contributed by atoms with Gasteiger partial charge in [0.05, 0.1) is 12.1 Å². The van der Waals surface area contributed by atoms with E-state index in [0.717, 1.165) is 21.8 Å². The van der Waals surface area contributed by atoms with Gasteiger partial charge in [-0.2, -0.15) is 0 Å². The Morgan fingerprint density at radius 2 is 1.83 bits per heavy atom. The summed E-state index contributed by atoms with van der Waals surface area (Å²) in [4.78, 5) is 18.5. The summed E-state index contributed by atoms with van der Waals surface area (Å²) in [5.74, 6) is -0.284. The highest BCUT2D eigenvalue weighted by Crippen LogP contribution is 2.23. The fraction of sp³-hybridized carbons (Fsp3) is 0.158. The predicted octanol–water partition coefficient (Wildman–Crippen LogP) is 4.15. The molecule has 0 spiro atoms. The third-order valence-corrected chi connectivity index (χ3v) is 4.60. The van der Waals surface area contributed by atoms with Crippen molar-refractivity contribution in [2.45, 2.75) is 13.0 Å². The fourth-order valence-corrected chi connectivity index (χ4v) is 3.17. The van der Waals surface area contributed by atoms with Gasteiger partial charge in [0.2, 0.25) is 5.91 Å². The van der Waals surface area contributed by atoms with Crippen LogP contribution >= 0.6 is 11.3 Å². The third kappa shape index (κ3) is 4.06. The molecule has 0 saturated carbocycles. The molecule has 2 aromatic carbocycles. The zero-order valence-electron chi connectivity index (χ0n) is 13.3. The van der Waals surface area contributed by atoms with Gasteiger partial charge < -0.3 is 4.90 Å². The number of thiazole rings is 1. The molecule has 0 radical (unpaired) electrons. The number of amides is 1. The minimum absolute atomic E-state index is 0.00997. The summed E-state index contributed by atoms with van der Waals surface area (Å²) in [6.07, 6.45) is 0.265. The van der Waals surface area contributed by atoms with Gasteiger partial charge in [0.1, 0.15) is 10.8 Å². The zero-order chi connectivity index (χ0) is 16.9. The Morgan fingerprint density at radius 3 is 2.54 bits per heavy atom. The Hall–Kier alpha value is -2.53. The minimum atomic E-state index is -0.274. The first-order valence-corrected chi connectivity index (χ1v) is 8.48. The summed E-state index contributed by atoms with van der Waals surface area (Å²) < 4.78 is 12.9. The molecule has 122 valence electrons. The third-order valence-electron chi connectivity index (χ3n) is 3.66. The Labute approximate surface area is 144 Å². The van der Waals surface area contributed by atoms with Crippen molar-refractivity contribution in [3.8, 4) is 10.6 Å². The van der Waals surface area contributed by atoms with E-state index in [9.17, 15) is 9.18 Å². The highest BCUT2D eigenvalue weighted by molar-refractivity contribution is 7.13. The Balaban J connectivity index is 1.62. The lowest BCUT2D eigenvalue weighted by atomic mass is 10.2. The molecule has 0 bridgehead atoms. The van der Waals surface area contributed by atoms with E-state index in [0.29, 0.717) is 6.54 Å². The highest BCUT2D eigenvalue weighted by atomic mass is 32.1. The molecule has 0 saturated heterocycles. The smallest absolute Gasteiger partial charge is 0.228 e. The number of nitrogens with zero attached hydrogens (tertiary/aromatic N) is 2. The molecule has 3 rings (SSSR count). The molecule has 5 heteroatoms. The van der Waals surface area contributed by atoms with Crippen LogP contribution in [-0.2, 0) is 17.8 Å². The molecule has 0 fully saturated rings. The monoisotopic (exact) mass is 340 g/mol. The van der Waals surface area contributed by atoms with Gasteiger partial charge >= 0.3 is 0 Å². The Bertz CT molecular complexity index is 815. The molecule has 0 aliphatic rings. The number of rotatable bonds is 5. The molecule has 1 heterocycles. The highest BCUT2D eigenvalue weighted by Gasteiger charge is 2.13. The number of benzene rings is 2. The van der Waals surface area contributed by atoms with Gasteiger partial charge in [-0.05, 0) is 17.7 Å². The van der Waals surface area contributed by atoms with Crippen LogP contribution in [-0.4, -0.2) is 22.8 Å². The molecule has 0 aliphatic carbocycles. The van der Waals surface area contributed by atoms with Crippen molar-refractivity contribution in [3.63, 3.8) is 0 Å². The molecular weight excluding hydrogens is 323 g/mol. The van der Waals surface area contributed by atoms with Crippen LogP contribution in [0.25, 0.3) is 10.6 Å². The van der Waals surface area contributed by atoms with Gasteiger partial charge in [0.25, 0.3) is 0 Å². The largest absolute Gasteiger partial charge is 0.341 e. The summed E-state index contributed by atoms with van der Waals surface area (Å²) in [7, 11) is 1.75. The molecule has 0 aliphatic heterocycles. The molecular formula is C19H17FN2OS. The van der Waals surface area contributed by atoms with E-state index >= 15 is 0 Å². The van der Waals surface area contributed by atoms with E-state index in [4.69, 9.17) is 0 Å². The lowest BCUT2D eigenvalue weighted by molar-refractivity contribution is -0.129. The van der Waals surface area contributed by atoms with Gasteiger partial charge in [-0.3, -0.25) is 4.79 Å². The van der Waals surface area contributed by atoms with Crippen LogP contribution in [0.3, 0.4) is 0 Å². The molecule has 24 heavy (non-hydrogen) atoms. The zero-order valence-corrected chi connectivity index (χ0v) is 14.1. The Kier molecular flexibility index (Phi) is 5.01. The van der Waals surface area contributed by atoms with Gasteiger partial charge in [0, 0.05) is 24.5 Å². The molecule has 1 amide bonds. The topological polar surface area (TPSA) is 33.2 Å². The van der Waals surface area contributed by atoms with Crippen molar-refractivity contribution in [1.29, 1.82) is 0 Å². The SMILES string of the molecule is CN(Cc1ccc(F)cc1)C(=O)Cc1csc(-c2ccccc2)n1. The van der Waals surface area contributed by atoms with E-state index < -0.39 is 0 Å². The van der Waals surface area contributed by atoms with E-state index in [1.54, 1.807) is 24.1 Å². The lowest BCUT2D eigenvalue weighted by Gasteiger charge is -2.16. The number of hydrogen-bond donors (Lipinski definition) is 0. The van der Waals surface area contributed by atoms with Crippen LogP contribution < -0.4 is 0 Å². The number of likely N-dealkylation sites (N-methyl/N-ethyl adjacent to an activating group) is 1. The first-order valence-electron chi connectivity index (χ1n) is 7.60. The number of halogens is 1. The quantitative estimate of drug-likeness (QED) is 0.699. The summed E-state index contributed by atoms with van der Waals surface area (Å²) in [6, 6.07) is 16.1. The van der Waals surface area contributed by atoms with E-state index in [-0.39, 0.29) is 18.1 Å². The van der Waals surface area contributed by atoms with Crippen molar-refractivity contribution < 1.29 is 9.18 Å². The van der Waals surface area contributed by atoms with Gasteiger partial charge in [-0.25, -0.2) is 9.37 Å². The maximum Gasteiger partial charge on any atom is 0.228 e. The first-order chi connectivity index (χ1) is 11.6. The average molecular weight is 340 g/mol. The maximum atomic E-state index is 12.9. The normalized spacial score (nSPS) is 10.6. The van der Waals surface area contributed by atoms with Crippen LogP contribution in [0.2, 0.25) is 0 Å². The molecule has 1 aromatic heterocycles. The second-order valence-corrected chi connectivity index (χ2v) is 6.42. The first kappa shape index (κ1) is 16.3. The van der Waals surface area contributed by atoms with Gasteiger partial charge in [-0.1, -0.05) is 42.5 Å². The van der Waals surface area contributed by atoms with E-state index in [1.165, 1.54) is 23.5 Å². The minimum Gasteiger partial charge on any atom is -0.341 e. The number of carbonyl (C=O) groups excluding carboxylic acids is 1. The van der Waals surface area contributed by atoms with Crippen LogP contribution in [0.4, 0.5) is 4.39 Å². The molecule has 3 aromatic rings. The summed E-state index contributed by atoms with van der Waals surface area (Å²) in [6.45, 7) is 0.453. The molecule has 0 N–H and O–H groups in total. The van der Waals surface area contributed by atoms with Crippen molar-refractivity contribution in [3.05, 3.63) is 77.1 Å². The second-order valence-electron chi connectivity index (χ2n) is 5.56. The van der Waals surface area contributed by atoms with Crippen molar-refractivity contribution in [2.24, 2.45) is 0 Å². The average Bonchev–Trinajstić information content (AvgIpc) is 3.06. The predicted molar refractivity (Wildman–Crippen MR) is 94.1 cm³/mol. The Morgan fingerprint density at radius 1 is 1.12 bits per heavy atom. The maximum absolute atomic E-state index is 12.9. The summed E-state index contributed by atoms with van der Waals surface area (Å²) in [5.41, 5.74) is 2.73. The number of hydrogen-bond acceptors (Lipinski definition) is 3. The van der Waals surface area contributed by atoms with E-state index in [2.05, 4.69) is 4.98 Å². The lowest BCUT2D eigenvalue weighted by Crippen LogP contribution is -2.27. The summed E-state index contributed by atoms with van der Waals surface area (Å²) in [5, 5.41) is 2.84. The molecule has 0 atom stereocenters. The van der Waals surface area contributed by atoms with Crippen molar-refractivity contribution in [2.75, 3.05) is 7.05 Å². The number of aromatic nitrogens is 1. The molecule has 0 unspecified atom stereocenters. The van der Waals surface area contributed by atoms with Gasteiger partial charge in [0.15, 0.2) is 0 Å². The second kappa shape index (κ2) is 7.36. The van der Waals surface area contributed by atoms with Crippen molar-refractivity contribution >= 4 is 17.2 Å². The molecule has 3 nitrogen and oxygen atoms in total. The number of carbonyl (C=O) groups is 1. The fourth-order valence-electron chi connectivity index (χ4n) is 2.34. The van der Waals surface area contributed by atoms with Crippen LogP contribution in [0.5, 0.6) is 0 Å². The van der Waals surface area contributed by atoms with Gasteiger partial charge in [-0.15, -0.1) is 11.3 Å². The van der Waals surface area contributed by atoms with Crippen LogP contribution in [0.1, 0.15) is 11.3 Å². The summed E-state index contributed by atoms with van der Waals surface area (Å²) >= 11 is 1.54.